The third-order valence-corrected chi connectivity index (χ3v) is 7.85. The van der Waals surface area contributed by atoms with Gasteiger partial charge in [-0.25, -0.2) is 8.42 Å². The second-order valence-electron chi connectivity index (χ2n) is 7.95. The first kappa shape index (κ1) is 23.9. The van der Waals surface area contributed by atoms with Crippen molar-refractivity contribution in [2.45, 2.75) is 44.9 Å². The van der Waals surface area contributed by atoms with E-state index in [9.17, 15) is 18.0 Å². The molecule has 1 N–H and O–H groups in total. The number of piperidine rings is 1. The van der Waals surface area contributed by atoms with E-state index in [2.05, 4.69) is 5.32 Å². The third-order valence-electron chi connectivity index (χ3n) is 5.81. The van der Waals surface area contributed by atoms with E-state index in [1.165, 1.54) is 16.4 Å². The molecule has 2 aromatic rings. The van der Waals surface area contributed by atoms with Crippen LogP contribution in [0.5, 0.6) is 0 Å². The van der Waals surface area contributed by atoms with Gasteiger partial charge in [0, 0.05) is 43.0 Å². The zero-order valence-electron chi connectivity index (χ0n) is 18.9. The van der Waals surface area contributed by atoms with Gasteiger partial charge in [0.25, 0.3) is 11.8 Å². The van der Waals surface area contributed by atoms with E-state index in [0.717, 1.165) is 32.4 Å². The molecule has 0 radical (unpaired) electrons. The zero-order chi connectivity index (χ0) is 23.3. The van der Waals surface area contributed by atoms with E-state index in [1.807, 2.05) is 4.90 Å². The first-order valence-electron chi connectivity index (χ1n) is 11.1. The average molecular weight is 458 g/mol. The fraction of sp³-hybridized carbons (Fsp3) is 0.417. The number of carbonyl (C=O) groups is 2. The summed E-state index contributed by atoms with van der Waals surface area (Å²) in [6, 6.07) is 11.5. The number of hydrogen-bond donors (Lipinski definition) is 1. The van der Waals surface area contributed by atoms with Gasteiger partial charge >= 0.3 is 0 Å². The Labute approximate surface area is 190 Å². The predicted octanol–water partition coefficient (Wildman–Crippen LogP) is 3.90. The highest BCUT2D eigenvalue weighted by atomic mass is 32.2. The molecular weight excluding hydrogens is 426 g/mol. The van der Waals surface area contributed by atoms with Crippen LogP contribution in [0, 0.1) is 6.92 Å². The number of anilines is 1. The van der Waals surface area contributed by atoms with E-state index in [0.29, 0.717) is 29.9 Å². The standard InChI is InChI=1S/C24H31N3O4S/c1-4-27(5-2)32(30,31)21-13-12-18(3)22(17-21)23(28)25-20-11-9-10-19(16-20)24(29)26-14-7-6-8-15-26/h9-13,16-17H,4-8,14-15H2,1-3H3,(H,25,28). The second kappa shape index (κ2) is 10.3. The summed E-state index contributed by atoms with van der Waals surface area (Å²) in [6.07, 6.45) is 3.16. The maximum Gasteiger partial charge on any atom is 0.255 e. The van der Waals surface area contributed by atoms with Gasteiger partial charge in [-0.05, 0) is 62.1 Å². The van der Waals surface area contributed by atoms with Crippen LogP contribution >= 0.6 is 0 Å². The molecule has 0 aliphatic carbocycles. The SMILES string of the molecule is CCN(CC)S(=O)(=O)c1ccc(C)c(C(=O)Nc2cccc(C(=O)N3CCCCC3)c2)c1. The number of nitrogens with zero attached hydrogens (tertiary/aromatic N) is 2. The second-order valence-corrected chi connectivity index (χ2v) is 9.89. The molecule has 0 aromatic heterocycles. The molecule has 1 aliphatic heterocycles. The molecule has 2 amide bonds. The fourth-order valence-electron chi connectivity index (χ4n) is 3.93. The highest BCUT2D eigenvalue weighted by molar-refractivity contribution is 7.89. The summed E-state index contributed by atoms with van der Waals surface area (Å²) in [4.78, 5) is 27.7. The summed E-state index contributed by atoms with van der Waals surface area (Å²) >= 11 is 0. The molecule has 0 spiro atoms. The van der Waals surface area contributed by atoms with Crippen molar-refractivity contribution in [2.75, 3.05) is 31.5 Å². The lowest BCUT2D eigenvalue weighted by Crippen LogP contribution is -2.35. The quantitative estimate of drug-likeness (QED) is 0.683. The number of hydrogen-bond acceptors (Lipinski definition) is 4. The molecule has 0 saturated carbocycles. The van der Waals surface area contributed by atoms with Gasteiger partial charge in [-0.3, -0.25) is 9.59 Å². The van der Waals surface area contributed by atoms with Crippen LogP contribution in [0.1, 0.15) is 59.4 Å². The van der Waals surface area contributed by atoms with Crippen LogP contribution in [0.15, 0.2) is 47.4 Å². The lowest BCUT2D eigenvalue weighted by Gasteiger charge is -2.26. The summed E-state index contributed by atoms with van der Waals surface area (Å²) in [5.41, 5.74) is 1.97. The largest absolute Gasteiger partial charge is 0.339 e. The highest BCUT2D eigenvalue weighted by Gasteiger charge is 2.24. The van der Waals surface area contributed by atoms with E-state index >= 15 is 0 Å². The van der Waals surface area contributed by atoms with Crippen LogP contribution in [0.2, 0.25) is 0 Å². The van der Waals surface area contributed by atoms with Crippen LogP contribution in [0.3, 0.4) is 0 Å². The third kappa shape index (κ3) is 5.19. The minimum Gasteiger partial charge on any atom is -0.339 e. The normalized spacial score (nSPS) is 14.4. The molecule has 7 nitrogen and oxygen atoms in total. The van der Waals surface area contributed by atoms with Gasteiger partial charge in [-0.15, -0.1) is 0 Å². The monoisotopic (exact) mass is 457 g/mol. The molecule has 8 heteroatoms. The van der Waals surface area contributed by atoms with Crippen molar-refractivity contribution >= 4 is 27.5 Å². The first-order valence-corrected chi connectivity index (χ1v) is 12.5. The van der Waals surface area contributed by atoms with Gasteiger partial charge in [0.2, 0.25) is 10.0 Å². The number of sulfonamides is 1. The van der Waals surface area contributed by atoms with Crippen molar-refractivity contribution in [1.29, 1.82) is 0 Å². The summed E-state index contributed by atoms with van der Waals surface area (Å²) in [5, 5.41) is 2.82. The van der Waals surface area contributed by atoms with E-state index < -0.39 is 15.9 Å². The number of amides is 2. The molecule has 0 unspecified atom stereocenters. The summed E-state index contributed by atoms with van der Waals surface area (Å²) in [5.74, 6) is -0.453. The maximum absolute atomic E-state index is 13.0. The van der Waals surface area contributed by atoms with E-state index in [-0.39, 0.29) is 16.4 Å². The van der Waals surface area contributed by atoms with Crippen molar-refractivity contribution in [3.05, 3.63) is 59.2 Å². The van der Waals surface area contributed by atoms with Crippen molar-refractivity contribution in [3.8, 4) is 0 Å². The van der Waals surface area contributed by atoms with Gasteiger partial charge in [0.15, 0.2) is 0 Å². The Kier molecular flexibility index (Phi) is 7.69. The number of nitrogens with one attached hydrogen (secondary N) is 1. The topological polar surface area (TPSA) is 86.8 Å². The van der Waals surface area contributed by atoms with Crippen LogP contribution in [-0.4, -0.2) is 55.6 Å². The lowest BCUT2D eigenvalue weighted by molar-refractivity contribution is 0.0724. The number of carbonyl (C=O) groups excluding carboxylic acids is 2. The summed E-state index contributed by atoms with van der Waals surface area (Å²) in [7, 11) is -3.67. The predicted molar refractivity (Wildman–Crippen MR) is 125 cm³/mol. The molecule has 0 atom stereocenters. The number of benzene rings is 2. The molecule has 172 valence electrons. The summed E-state index contributed by atoms with van der Waals surface area (Å²) < 4.78 is 27.1. The Morgan fingerprint density at radius 2 is 1.69 bits per heavy atom. The highest BCUT2D eigenvalue weighted by Crippen LogP contribution is 2.22. The number of aryl methyl sites for hydroxylation is 1. The van der Waals surface area contributed by atoms with Gasteiger partial charge in [-0.1, -0.05) is 26.0 Å². The Morgan fingerprint density at radius 3 is 2.34 bits per heavy atom. The Morgan fingerprint density at radius 1 is 1.00 bits per heavy atom. The van der Waals surface area contributed by atoms with Crippen LogP contribution < -0.4 is 5.32 Å². The molecule has 3 rings (SSSR count). The van der Waals surface area contributed by atoms with Crippen LogP contribution in [0.4, 0.5) is 5.69 Å². The molecule has 1 aliphatic rings. The molecule has 0 bridgehead atoms. The zero-order valence-corrected chi connectivity index (χ0v) is 19.7. The van der Waals surface area contributed by atoms with Gasteiger partial charge in [0.1, 0.15) is 0 Å². The molecule has 1 heterocycles. The molecule has 2 aromatic carbocycles. The first-order chi connectivity index (χ1) is 15.3. The van der Waals surface area contributed by atoms with Gasteiger partial charge in [0.05, 0.1) is 4.90 Å². The molecular formula is C24H31N3O4S. The molecule has 32 heavy (non-hydrogen) atoms. The Balaban J connectivity index is 1.82. The van der Waals surface area contributed by atoms with E-state index in [1.54, 1.807) is 51.1 Å². The van der Waals surface area contributed by atoms with Crippen molar-refractivity contribution < 1.29 is 18.0 Å². The van der Waals surface area contributed by atoms with Crippen LogP contribution in [0.25, 0.3) is 0 Å². The van der Waals surface area contributed by atoms with Crippen molar-refractivity contribution in [3.63, 3.8) is 0 Å². The minimum atomic E-state index is -3.67. The Hall–Kier alpha value is -2.71. The average Bonchev–Trinajstić information content (AvgIpc) is 2.80. The summed E-state index contributed by atoms with van der Waals surface area (Å²) in [6.45, 7) is 7.53. The minimum absolute atomic E-state index is 0.0377. The fourth-order valence-corrected chi connectivity index (χ4v) is 5.41. The Bertz CT molecular complexity index is 1090. The van der Waals surface area contributed by atoms with Gasteiger partial charge in [-0.2, -0.15) is 4.31 Å². The van der Waals surface area contributed by atoms with Crippen molar-refractivity contribution in [1.82, 2.24) is 9.21 Å². The lowest BCUT2D eigenvalue weighted by atomic mass is 10.1. The molecule has 1 fully saturated rings. The number of rotatable bonds is 7. The maximum atomic E-state index is 13.0. The smallest absolute Gasteiger partial charge is 0.255 e. The van der Waals surface area contributed by atoms with E-state index in [4.69, 9.17) is 0 Å². The van der Waals surface area contributed by atoms with Crippen molar-refractivity contribution in [2.24, 2.45) is 0 Å². The number of likely N-dealkylation sites (tertiary alicyclic amines) is 1. The van der Waals surface area contributed by atoms with Gasteiger partial charge < -0.3 is 10.2 Å². The molecule has 1 saturated heterocycles. The van der Waals surface area contributed by atoms with Crippen LogP contribution in [-0.2, 0) is 10.0 Å².